The van der Waals surface area contributed by atoms with Crippen LogP contribution in [0.15, 0.2) is 30.6 Å². The number of carbonyl (C=O) groups excluding carboxylic acids is 2. The van der Waals surface area contributed by atoms with Gasteiger partial charge in [0.15, 0.2) is 0 Å². The number of ether oxygens (including phenoxy) is 1. The second-order valence-corrected chi connectivity index (χ2v) is 5.33. The predicted molar refractivity (Wildman–Crippen MR) is 83.7 cm³/mol. The largest absolute Gasteiger partial charge is 0.496 e. The Kier molecular flexibility index (Phi) is 4.37. The molecule has 2 amide bonds. The molecular weight excluding hydrogens is 315 g/mol. The third-order valence-corrected chi connectivity index (χ3v) is 3.70. The molecule has 0 saturated carbocycles. The molecule has 0 radical (unpaired) electrons. The minimum absolute atomic E-state index is 0.150. The van der Waals surface area contributed by atoms with Crippen LogP contribution in [0.4, 0.5) is 10.2 Å². The first-order chi connectivity index (χ1) is 11.6. The van der Waals surface area contributed by atoms with Crippen LogP contribution in [0.3, 0.4) is 0 Å². The number of carbonyl (C=O) groups is 2. The lowest BCUT2D eigenvalue weighted by molar-refractivity contribution is -0.123. The topological polar surface area (TPSA) is 93.2 Å². The molecule has 0 spiro atoms. The summed E-state index contributed by atoms with van der Waals surface area (Å²) in [5.41, 5.74) is 0.866. The minimum atomic E-state index is -0.431. The molecule has 124 valence electrons. The van der Waals surface area contributed by atoms with Crippen LogP contribution in [0.25, 0.3) is 11.3 Å². The first-order valence-corrected chi connectivity index (χ1v) is 7.30. The summed E-state index contributed by atoms with van der Waals surface area (Å²) in [6.45, 7) is 0.306. The van der Waals surface area contributed by atoms with Crippen LogP contribution in [0.5, 0.6) is 5.75 Å². The fourth-order valence-electron chi connectivity index (χ4n) is 2.47. The minimum Gasteiger partial charge on any atom is -0.496 e. The molecule has 1 aromatic heterocycles. The number of aromatic nitrogens is 2. The Morgan fingerprint density at radius 3 is 2.92 bits per heavy atom. The van der Waals surface area contributed by atoms with Gasteiger partial charge in [-0.05, 0) is 18.2 Å². The van der Waals surface area contributed by atoms with Gasteiger partial charge in [-0.15, -0.1) is 0 Å². The number of halogens is 1. The van der Waals surface area contributed by atoms with Crippen LogP contribution in [-0.4, -0.2) is 35.4 Å². The molecule has 2 N–H and O–H groups in total. The highest BCUT2D eigenvalue weighted by molar-refractivity contribution is 5.96. The van der Waals surface area contributed by atoms with Crippen molar-refractivity contribution in [2.24, 2.45) is 5.92 Å². The van der Waals surface area contributed by atoms with Crippen molar-refractivity contribution in [1.82, 2.24) is 15.3 Å². The Morgan fingerprint density at radius 1 is 1.38 bits per heavy atom. The van der Waals surface area contributed by atoms with Crippen molar-refractivity contribution < 1.29 is 18.7 Å². The summed E-state index contributed by atoms with van der Waals surface area (Å²) in [6, 6.07) is 5.61. The quantitative estimate of drug-likeness (QED) is 0.883. The normalized spacial score (nSPS) is 16.6. The Labute approximate surface area is 137 Å². The SMILES string of the molecule is COc1ccc(F)cc1-c1cc(NC(=O)C2CNC(=O)C2)ncn1. The molecule has 1 aliphatic heterocycles. The van der Waals surface area contributed by atoms with Gasteiger partial charge >= 0.3 is 0 Å². The summed E-state index contributed by atoms with van der Waals surface area (Å²) >= 11 is 0. The molecule has 1 atom stereocenters. The highest BCUT2D eigenvalue weighted by Gasteiger charge is 2.28. The zero-order valence-corrected chi connectivity index (χ0v) is 12.9. The molecule has 24 heavy (non-hydrogen) atoms. The number of benzene rings is 1. The lowest BCUT2D eigenvalue weighted by Crippen LogP contribution is -2.25. The van der Waals surface area contributed by atoms with Gasteiger partial charge in [-0.2, -0.15) is 0 Å². The summed E-state index contributed by atoms with van der Waals surface area (Å²) in [5.74, 6) is -0.578. The van der Waals surface area contributed by atoms with Gasteiger partial charge in [0, 0.05) is 24.6 Å². The second-order valence-electron chi connectivity index (χ2n) is 5.33. The molecule has 1 unspecified atom stereocenters. The Balaban J connectivity index is 1.83. The summed E-state index contributed by atoms with van der Waals surface area (Å²) in [6.07, 6.45) is 1.43. The predicted octanol–water partition coefficient (Wildman–Crippen LogP) is 1.37. The molecule has 3 rings (SSSR count). The number of hydrogen-bond donors (Lipinski definition) is 2. The van der Waals surface area contributed by atoms with E-state index in [0.29, 0.717) is 23.6 Å². The first-order valence-electron chi connectivity index (χ1n) is 7.30. The van der Waals surface area contributed by atoms with Crippen molar-refractivity contribution in [3.63, 3.8) is 0 Å². The number of rotatable bonds is 4. The Morgan fingerprint density at radius 2 is 2.21 bits per heavy atom. The van der Waals surface area contributed by atoms with Crippen molar-refractivity contribution in [2.45, 2.75) is 6.42 Å². The van der Waals surface area contributed by atoms with Gasteiger partial charge in [-0.25, -0.2) is 14.4 Å². The number of anilines is 1. The molecule has 0 bridgehead atoms. The number of nitrogens with zero attached hydrogens (tertiary/aromatic N) is 2. The standard InChI is InChI=1S/C16H15FN4O3/c1-24-13-3-2-10(17)5-11(13)12-6-14(20-8-19-12)21-16(23)9-4-15(22)18-7-9/h2-3,5-6,8-9H,4,7H2,1H3,(H,18,22)(H,19,20,21,23). The van der Waals surface area contributed by atoms with E-state index >= 15 is 0 Å². The fraction of sp³-hybridized carbons (Fsp3) is 0.250. The van der Waals surface area contributed by atoms with Crippen molar-refractivity contribution in [1.29, 1.82) is 0 Å². The van der Waals surface area contributed by atoms with E-state index < -0.39 is 11.7 Å². The molecule has 1 saturated heterocycles. The van der Waals surface area contributed by atoms with Gasteiger partial charge in [0.05, 0.1) is 18.7 Å². The fourth-order valence-corrected chi connectivity index (χ4v) is 2.47. The van der Waals surface area contributed by atoms with E-state index in [-0.39, 0.29) is 24.1 Å². The summed E-state index contributed by atoms with van der Waals surface area (Å²) in [4.78, 5) is 31.4. The third-order valence-electron chi connectivity index (χ3n) is 3.70. The second kappa shape index (κ2) is 6.61. The van der Waals surface area contributed by atoms with Gasteiger partial charge in [0.2, 0.25) is 11.8 Å². The summed E-state index contributed by atoms with van der Waals surface area (Å²) < 4.78 is 18.7. The van der Waals surface area contributed by atoms with Crippen LogP contribution in [0.1, 0.15) is 6.42 Å². The van der Waals surface area contributed by atoms with Gasteiger partial charge in [-0.1, -0.05) is 0 Å². The highest BCUT2D eigenvalue weighted by atomic mass is 19.1. The number of methoxy groups -OCH3 is 1. The van der Waals surface area contributed by atoms with E-state index in [1.54, 1.807) is 0 Å². The Bertz CT molecular complexity index is 797. The molecule has 7 nitrogen and oxygen atoms in total. The third kappa shape index (κ3) is 3.32. The van der Waals surface area contributed by atoms with Crippen LogP contribution in [0, 0.1) is 11.7 Å². The molecule has 8 heteroatoms. The van der Waals surface area contributed by atoms with Gasteiger partial charge in [0.1, 0.15) is 23.7 Å². The van der Waals surface area contributed by atoms with E-state index in [1.807, 2.05) is 0 Å². The zero-order chi connectivity index (χ0) is 17.1. The maximum Gasteiger partial charge on any atom is 0.230 e. The number of nitrogens with one attached hydrogen (secondary N) is 2. The van der Waals surface area contributed by atoms with Crippen LogP contribution >= 0.6 is 0 Å². The molecule has 1 fully saturated rings. The van der Waals surface area contributed by atoms with E-state index in [1.165, 1.54) is 37.7 Å². The van der Waals surface area contributed by atoms with Gasteiger partial charge < -0.3 is 15.4 Å². The highest BCUT2D eigenvalue weighted by Crippen LogP contribution is 2.30. The monoisotopic (exact) mass is 330 g/mol. The van der Waals surface area contributed by atoms with Crippen LogP contribution < -0.4 is 15.4 Å². The lowest BCUT2D eigenvalue weighted by Gasteiger charge is -2.11. The van der Waals surface area contributed by atoms with Crippen molar-refractivity contribution in [2.75, 3.05) is 19.0 Å². The summed E-state index contributed by atoms with van der Waals surface area (Å²) in [7, 11) is 1.48. The lowest BCUT2D eigenvalue weighted by atomic mass is 10.1. The zero-order valence-electron chi connectivity index (χ0n) is 12.9. The summed E-state index contributed by atoms with van der Waals surface area (Å²) in [5, 5.41) is 5.25. The molecule has 0 aliphatic carbocycles. The maximum absolute atomic E-state index is 13.5. The van der Waals surface area contributed by atoms with Crippen LogP contribution in [-0.2, 0) is 9.59 Å². The van der Waals surface area contributed by atoms with E-state index in [9.17, 15) is 14.0 Å². The van der Waals surface area contributed by atoms with Gasteiger partial charge in [0.25, 0.3) is 0 Å². The first kappa shape index (κ1) is 15.9. The van der Waals surface area contributed by atoms with Crippen molar-refractivity contribution >= 4 is 17.6 Å². The van der Waals surface area contributed by atoms with E-state index in [2.05, 4.69) is 20.6 Å². The van der Waals surface area contributed by atoms with Crippen molar-refractivity contribution in [3.8, 4) is 17.0 Å². The average molecular weight is 330 g/mol. The van der Waals surface area contributed by atoms with Crippen LogP contribution in [0.2, 0.25) is 0 Å². The number of amides is 2. The molecule has 1 aromatic carbocycles. The smallest absolute Gasteiger partial charge is 0.230 e. The van der Waals surface area contributed by atoms with Gasteiger partial charge in [-0.3, -0.25) is 9.59 Å². The molecular formula is C16H15FN4O3. The van der Waals surface area contributed by atoms with Crippen molar-refractivity contribution in [3.05, 3.63) is 36.4 Å². The number of hydrogen-bond acceptors (Lipinski definition) is 5. The molecule has 1 aliphatic rings. The van der Waals surface area contributed by atoms with E-state index in [4.69, 9.17) is 4.74 Å². The molecule has 2 aromatic rings. The van der Waals surface area contributed by atoms with E-state index in [0.717, 1.165) is 0 Å². The maximum atomic E-state index is 13.5. The average Bonchev–Trinajstić information content (AvgIpc) is 3.02. The molecule has 2 heterocycles. The Hall–Kier alpha value is -3.03.